The molecule has 0 radical (unpaired) electrons. The van der Waals surface area contributed by atoms with E-state index in [0.717, 1.165) is 11.1 Å². The smallest absolute Gasteiger partial charge is 0.0964 e. The molecule has 1 aliphatic heterocycles. The molecule has 1 aliphatic rings. The molecule has 7 heteroatoms. The predicted molar refractivity (Wildman–Crippen MR) is 127 cm³/mol. The summed E-state index contributed by atoms with van der Waals surface area (Å²) >= 11 is 0. The molecule has 2 aromatic carbocycles. The molecule has 2 atom stereocenters. The van der Waals surface area contributed by atoms with Crippen LogP contribution < -0.4 is 0 Å². The number of hydrogen-bond donors (Lipinski definition) is 0. The standard InChI is InChI=1S/C24H34O5P2/c25-30(21-23-7-3-1-4-8-23)17-13-27-11-12-28-14-18-31(26,20-16-29-15-19-30)22-24-9-5-2-6-10-24/h1-10H,11-22H2. The van der Waals surface area contributed by atoms with E-state index in [9.17, 15) is 9.13 Å². The SMILES string of the molecule is O=P1(Cc2ccccc2)CCOCCOCCP(=O)(Cc2ccccc2)CCOCC1. The van der Waals surface area contributed by atoms with Crippen LogP contribution in [0.1, 0.15) is 11.1 Å². The molecule has 0 N–H and O–H groups in total. The quantitative estimate of drug-likeness (QED) is 0.584. The van der Waals surface area contributed by atoms with Crippen LogP contribution in [0.4, 0.5) is 0 Å². The molecule has 2 unspecified atom stereocenters. The molecular weight excluding hydrogens is 430 g/mol. The number of benzene rings is 2. The van der Waals surface area contributed by atoms with Gasteiger partial charge in [0.15, 0.2) is 0 Å². The van der Waals surface area contributed by atoms with Crippen LogP contribution >= 0.6 is 14.3 Å². The first-order chi connectivity index (χ1) is 15.1. The lowest BCUT2D eigenvalue weighted by Crippen LogP contribution is -2.12. The largest absolute Gasteiger partial charge is 0.380 e. The van der Waals surface area contributed by atoms with Crippen molar-refractivity contribution < 1.29 is 23.3 Å². The molecular formula is C24H34O5P2. The third-order valence-corrected chi connectivity index (χ3v) is 11.4. The zero-order valence-electron chi connectivity index (χ0n) is 18.2. The van der Waals surface area contributed by atoms with E-state index in [2.05, 4.69) is 0 Å². The Kier molecular flexibility index (Phi) is 10.0. The summed E-state index contributed by atoms with van der Waals surface area (Å²) in [5.74, 6) is 0. The van der Waals surface area contributed by atoms with Crippen molar-refractivity contribution in [1.82, 2.24) is 0 Å². The Morgan fingerprint density at radius 2 is 0.839 bits per heavy atom. The van der Waals surface area contributed by atoms with Crippen molar-refractivity contribution in [3.8, 4) is 0 Å². The topological polar surface area (TPSA) is 61.8 Å². The Labute approximate surface area is 186 Å². The van der Waals surface area contributed by atoms with E-state index in [4.69, 9.17) is 14.2 Å². The molecule has 0 aliphatic carbocycles. The summed E-state index contributed by atoms with van der Waals surface area (Å²) in [6.07, 6.45) is 3.23. The summed E-state index contributed by atoms with van der Waals surface area (Å²) in [5.41, 5.74) is 2.17. The van der Waals surface area contributed by atoms with Crippen molar-refractivity contribution in [3.63, 3.8) is 0 Å². The monoisotopic (exact) mass is 464 g/mol. The van der Waals surface area contributed by atoms with Gasteiger partial charge in [0.1, 0.15) is 0 Å². The average molecular weight is 464 g/mol. The molecule has 5 nitrogen and oxygen atoms in total. The third-order valence-electron chi connectivity index (χ3n) is 5.57. The molecule has 0 amide bonds. The van der Waals surface area contributed by atoms with Crippen molar-refractivity contribution in [2.24, 2.45) is 0 Å². The Bertz CT molecular complexity index is 785. The van der Waals surface area contributed by atoms with Crippen LogP contribution in [-0.4, -0.2) is 64.3 Å². The fourth-order valence-electron chi connectivity index (χ4n) is 3.72. The van der Waals surface area contributed by atoms with Crippen LogP contribution in [-0.2, 0) is 35.7 Å². The maximum absolute atomic E-state index is 13.6. The van der Waals surface area contributed by atoms with E-state index in [1.165, 1.54) is 0 Å². The highest BCUT2D eigenvalue weighted by atomic mass is 31.2. The van der Waals surface area contributed by atoms with Gasteiger partial charge in [-0.15, -0.1) is 0 Å². The summed E-state index contributed by atoms with van der Waals surface area (Å²) in [7, 11) is -4.94. The lowest BCUT2D eigenvalue weighted by molar-refractivity contribution is 0.0595. The van der Waals surface area contributed by atoms with Gasteiger partial charge in [0.2, 0.25) is 0 Å². The molecule has 1 saturated heterocycles. The molecule has 31 heavy (non-hydrogen) atoms. The van der Waals surface area contributed by atoms with Crippen molar-refractivity contribution in [3.05, 3.63) is 71.8 Å². The molecule has 1 heterocycles. The average Bonchev–Trinajstić information content (AvgIpc) is 2.77. The van der Waals surface area contributed by atoms with Gasteiger partial charge < -0.3 is 23.3 Å². The lowest BCUT2D eigenvalue weighted by Gasteiger charge is -2.20. The Morgan fingerprint density at radius 3 is 1.19 bits per heavy atom. The van der Waals surface area contributed by atoms with Crippen LogP contribution in [0.15, 0.2) is 60.7 Å². The summed E-state index contributed by atoms with van der Waals surface area (Å²) in [6.45, 7) is 2.69. The summed E-state index contributed by atoms with van der Waals surface area (Å²) in [4.78, 5) is 0. The number of rotatable bonds is 4. The third kappa shape index (κ3) is 9.04. The zero-order chi connectivity index (χ0) is 21.8. The molecule has 2 aromatic rings. The number of ether oxygens (including phenoxy) is 3. The first-order valence-electron chi connectivity index (χ1n) is 11.0. The second-order valence-corrected chi connectivity index (χ2v) is 14.8. The Balaban J connectivity index is 1.61. The van der Waals surface area contributed by atoms with E-state index < -0.39 is 14.3 Å². The fourth-order valence-corrected chi connectivity index (χ4v) is 8.40. The van der Waals surface area contributed by atoms with Gasteiger partial charge in [0.25, 0.3) is 0 Å². The van der Waals surface area contributed by atoms with Crippen LogP contribution in [0, 0.1) is 0 Å². The van der Waals surface area contributed by atoms with Crippen molar-refractivity contribution in [1.29, 1.82) is 0 Å². The highest BCUT2D eigenvalue weighted by Gasteiger charge is 2.25. The Morgan fingerprint density at radius 1 is 0.516 bits per heavy atom. The van der Waals surface area contributed by atoms with Crippen LogP contribution in [0.3, 0.4) is 0 Å². The van der Waals surface area contributed by atoms with Crippen molar-refractivity contribution in [2.45, 2.75) is 12.3 Å². The maximum Gasteiger partial charge on any atom is 0.0964 e. The van der Waals surface area contributed by atoms with Gasteiger partial charge in [0, 0.05) is 37.0 Å². The second-order valence-electron chi connectivity index (χ2n) is 8.14. The van der Waals surface area contributed by atoms with Crippen molar-refractivity contribution in [2.75, 3.05) is 64.3 Å². The normalized spacial score (nSPS) is 27.1. The number of hydrogen-bond acceptors (Lipinski definition) is 5. The Hall–Kier alpha value is -1.22. The second kappa shape index (κ2) is 12.7. The van der Waals surface area contributed by atoms with Crippen LogP contribution in [0.5, 0.6) is 0 Å². The minimum Gasteiger partial charge on any atom is -0.380 e. The minimum atomic E-state index is -2.47. The first kappa shape index (κ1) is 24.4. The molecule has 0 aromatic heterocycles. The van der Waals surface area contributed by atoms with Crippen LogP contribution in [0.2, 0.25) is 0 Å². The van der Waals surface area contributed by atoms with Gasteiger partial charge in [-0.3, -0.25) is 0 Å². The van der Waals surface area contributed by atoms with Gasteiger partial charge in [-0.25, -0.2) is 0 Å². The van der Waals surface area contributed by atoms with E-state index in [1.54, 1.807) is 0 Å². The fraction of sp³-hybridized carbons (Fsp3) is 0.500. The molecule has 0 bridgehead atoms. The molecule has 1 fully saturated rings. The molecule has 170 valence electrons. The zero-order valence-corrected chi connectivity index (χ0v) is 20.0. The summed E-state index contributed by atoms with van der Waals surface area (Å²) < 4.78 is 44.4. The van der Waals surface area contributed by atoms with Crippen molar-refractivity contribution >= 4 is 14.3 Å². The van der Waals surface area contributed by atoms with E-state index >= 15 is 0 Å². The van der Waals surface area contributed by atoms with Crippen LogP contribution in [0.25, 0.3) is 0 Å². The van der Waals surface area contributed by atoms with Gasteiger partial charge in [0.05, 0.1) is 53.9 Å². The van der Waals surface area contributed by atoms with E-state index in [1.807, 2.05) is 60.7 Å². The summed E-state index contributed by atoms with van der Waals surface area (Å²) in [5, 5.41) is 0. The van der Waals surface area contributed by atoms with Gasteiger partial charge in [-0.2, -0.15) is 0 Å². The van der Waals surface area contributed by atoms with Gasteiger partial charge in [-0.05, 0) is 11.1 Å². The highest BCUT2D eigenvalue weighted by molar-refractivity contribution is 7.63. The first-order valence-corrected chi connectivity index (χ1v) is 15.5. The van der Waals surface area contributed by atoms with E-state index in [-0.39, 0.29) is 0 Å². The highest BCUT2D eigenvalue weighted by Crippen LogP contribution is 2.50. The predicted octanol–water partition coefficient (Wildman–Crippen LogP) is 5.18. The molecule has 0 saturated carbocycles. The maximum atomic E-state index is 13.6. The van der Waals surface area contributed by atoms with Gasteiger partial charge in [-0.1, -0.05) is 60.7 Å². The molecule has 0 spiro atoms. The van der Waals surface area contributed by atoms with E-state index in [0.29, 0.717) is 76.6 Å². The lowest BCUT2D eigenvalue weighted by atomic mass is 10.2. The summed E-state index contributed by atoms with van der Waals surface area (Å²) in [6, 6.07) is 19.9. The minimum absolute atomic E-state index is 0.423. The van der Waals surface area contributed by atoms with Gasteiger partial charge >= 0.3 is 0 Å². The molecule has 3 rings (SSSR count).